The van der Waals surface area contributed by atoms with Crippen LogP contribution < -0.4 is 10.9 Å². The molecule has 4 aromatic rings. The summed E-state index contributed by atoms with van der Waals surface area (Å²) in [5, 5.41) is 4.61. The van der Waals surface area contributed by atoms with Crippen molar-refractivity contribution in [3.63, 3.8) is 0 Å². The van der Waals surface area contributed by atoms with E-state index in [0.717, 1.165) is 11.5 Å². The van der Waals surface area contributed by atoms with Gasteiger partial charge in [0.15, 0.2) is 0 Å². The summed E-state index contributed by atoms with van der Waals surface area (Å²) in [7, 11) is 1.67. The van der Waals surface area contributed by atoms with Crippen LogP contribution in [0.2, 0.25) is 0 Å². The van der Waals surface area contributed by atoms with E-state index in [9.17, 15) is 18.0 Å². The van der Waals surface area contributed by atoms with E-state index in [4.69, 9.17) is 0 Å². The Morgan fingerprint density at radius 1 is 1.07 bits per heavy atom. The number of nitrogens with one attached hydrogen (secondary N) is 1. The van der Waals surface area contributed by atoms with Gasteiger partial charge >= 0.3 is 0 Å². The first-order chi connectivity index (χ1) is 14.3. The maximum atomic E-state index is 14.6. The largest absolute Gasteiger partial charge is 0.363 e. The average molecular weight is 412 g/mol. The Morgan fingerprint density at radius 3 is 2.53 bits per heavy atom. The molecule has 30 heavy (non-hydrogen) atoms. The molecule has 0 aliphatic carbocycles. The van der Waals surface area contributed by atoms with E-state index < -0.39 is 23.8 Å². The van der Waals surface area contributed by atoms with E-state index in [0.29, 0.717) is 28.1 Å². The number of hydrogen-bond acceptors (Lipinski definition) is 4. The van der Waals surface area contributed by atoms with Crippen LogP contribution in [0.15, 0.2) is 47.3 Å². The minimum absolute atomic E-state index is 0.116. The van der Waals surface area contributed by atoms with E-state index in [-0.39, 0.29) is 11.1 Å². The normalized spacial score (nSPS) is 12.6. The third kappa shape index (κ3) is 3.38. The molecule has 0 aliphatic heterocycles. The lowest BCUT2D eigenvalue weighted by Gasteiger charge is -2.19. The van der Waals surface area contributed by atoms with Crippen LogP contribution in [0.4, 0.5) is 19.0 Å². The molecule has 0 fully saturated rings. The second-order valence-corrected chi connectivity index (χ2v) is 7.20. The zero-order valence-corrected chi connectivity index (χ0v) is 16.6. The summed E-state index contributed by atoms with van der Waals surface area (Å²) in [6.07, 6.45) is -2.90. The molecule has 0 bridgehead atoms. The number of halogens is 3. The number of hydrogen-bond donors (Lipinski definition) is 1. The van der Waals surface area contributed by atoms with Gasteiger partial charge in [0.2, 0.25) is 0 Å². The molecule has 0 radical (unpaired) electrons. The lowest BCUT2D eigenvalue weighted by atomic mass is 10.0. The van der Waals surface area contributed by atoms with Gasteiger partial charge in [0.05, 0.1) is 22.6 Å². The molecular formula is C22H19F3N4O. The first-order valence-corrected chi connectivity index (χ1v) is 9.37. The second-order valence-electron chi connectivity index (χ2n) is 7.20. The fraction of sp³-hybridized carbons (Fsp3) is 0.227. The summed E-state index contributed by atoms with van der Waals surface area (Å²) in [6.45, 7) is 3.41. The molecule has 8 heteroatoms. The molecule has 4 rings (SSSR count). The van der Waals surface area contributed by atoms with Crippen LogP contribution >= 0.6 is 0 Å². The average Bonchev–Trinajstić information content (AvgIpc) is 2.69. The molecule has 0 amide bonds. The molecule has 0 spiro atoms. The molecule has 1 atom stereocenters. The summed E-state index contributed by atoms with van der Waals surface area (Å²) < 4.78 is 42.2. The summed E-state index contributed by atoms with van der Waals surface area (Å²) in [5.41, 5.74) is 0.689. The van der Waals surface area contributed by atoms with Crippen LogP contribution in [0, 0.1) is 12.7 Å². The Morgan fingerprint density at radius 2 is 1.80 bits per heavy atom. The number of aromatic nitrogens is 3. The number of rotatable bonds is 4. The van der Waals surface area contributed by atoms with Crippen LogP contribution in [0.3, 0.4) is 0 Å². The molecule has 0 unspecified atom stereocenters. The second kappa shape index (κ2) is 7.44. The predicted octanol–water partition coefficient (Wildman–Crippen LogP) is 5.04. The Kier molecular flexibility index (Phi) is 4.93. The number of aryl methyl sites for hydroxylation is 2. The number of pyridine rings is 1. The Labute approximate surface area is 170 Å². The van der Waals surface area contributed by atoms with Gasteiger partial charge in [-0.15, -0.1) is 0 Å². The fourth-order valence-corrected chi connectivity index (χ4v) is 3.58. The van der Waals surface area contributed by atoms with Crippen molar-refractivity contribution in [2.45, 2.75) is 26.3 Å². The lowest BCUT2D eigenvalue weighted by molar-refractivity contribution is 0.146. The quantitative estimate of drug-likeness (QED) is 0.477. The third-order valence-corrected chi connectivity index (χ3v) is 5.17. The molecule has 2 aromatic carbocycles. The van der Waals surface area contributed by atoms with Crippen LogP contribution in [-0.2, 0) is 7.05 Å². The summed E-state index contributed by atoms with van der Waals surface area (Å²) in [6, 6.07) is 10.2. The van der Waals surface area contributed by atoms with Crippen molar-refractivity contribution in [3.05, 3.63) is 75.6 Å². The molecule has 1 N–H and O–H groups in total. The maximum absolute atomic E-state index is 14.6. The Bertz CT molecular complexity index is 1330. The molecule has 2 heterocycles. The van der Waals surface area contributed by atoms with Crippen molar-refractivity contribution in [2.24, 2.45) is 7.05 Å². The van der Waals surface area contributed by atoms with Gasteiger partial charge in [-0.25, -0.2) is 23.1 Å². The van der Waals surface area contributed by atoms with E-state index in [1.807, 2.05) is 6.07 Å². The first-order valence-electron chi connectivity index (χ1n) is 9.37. The van der Waals surface area contributed by atoms with E-state index in [1.165, 1.54) is 22.8 Å². The zero-order chi connectivity index (χ0) is 21.6. The SMILES string of the molecule is Cc1nc(N[C@H](C)c2cccc(C(F)F)c2F)c2cc3c(ccc(=O)n3C)cc2n1. The molecule has 5 nitrogen and oxygen atoms in total. The highest BCUT2D eigenvalue weighted by Gasteiger charge is 2.20. The van der Waals surface area contributed by atoms with Crippen molar-refractivity contribution in [1.29, 1.82) is 0 Å². The van der Waals surface area contributed by atoms with Gasteiger partial charge in [-0.05, 0) is 32.0 Å². The van der Waals surface area contributed by atoms with E-state index >= 15 is 0 Å². The van der Waals surface area contributed by atoms with E-state index in [2.05, 4.69) is 15.3 Å². The smallest absolute Gasteiger partial charge is 0.266 e. The molecule has 2 aromatic heterocycles. The first kappa shape index (κ1) is 19.9. The molecule has 154 valence electrons. The van der Waals surface area contributed by atoms with Crippen molar-refractivity contribution in [1.82, 2.24) is 14.5 Å². The minimum atomic E-state index is -2.90. The molecule has 0 saturated carbocycles. The molecule has 0 aliphatic rings. The number of anilines is 1. The van der Waals surface area contributed by atoms with Crippen LogP contribution in [0.25, 0.3) is 21.8 Å². The number of fused-ring (bicyclic) bond motifs is 2. The monoisotopic (exact) mass is 412 g/mol. The van der Waals surface area contributed by atoms with Gasteiger partial charge in [-0.2, -0.15) is 0 Å². The van der Waals surface area contributed by atoms with Crippen LogP contribution in [0.1, 0.15) is 36.3 Å². The topological polar surface area (TPSA) is 59.8 Å². The zero-order valence-electron chi connectivity index (χ0n) is 16.6. The highest BCUT2D eigenvalue weighted by Crippen LogP contribution is 2.31. The van der Waals surface area contributed by atoms with Gasteiger partial charge < -0.3 is 9.88 Å². The summed E-state index contributed by atoms with van der Waals surface area (Å²) >= 11 is 0. The lowest BCUT2D eigenvalue weighted by Crippen LogP contribution is -2.15. The van der Waals surface area contributed by atoms with Crippen LogP contribution in [0.5, 0.6) is 0 Å². The van der Waals surface area contributed by atoms with Gasteiger partial charge in [0, 0.05) is 29.4 Å². The molecular weight excluding hydrogens is 393 g/mol. The van der Waals surface area contributed by atoms with Gasteiger partial charge in [-0.1, -0.05) is 18.2 Å². The highest BCUT2D eigenvalue weighted by molar-refractivity contribution is 5.99. The maximum Gasteiger partial charge on any atom is 0.266 e. The minimum Gasteiger partial charge on any atom is -0.363 e. The van der Waals surface area contributed by atoms with Crippen molar-refractivity contribution in [3.8, 4) is 0 Å². The summed E-state index contributed by atoms with van der Waals surface area (Å²) in [4.78, 5) is 20.9. The Balaban J connectivity index is 1.84. The van der Waals surface area contributed by atoms with Crippen molar-refractivity contribution >= 4 is 27.6 Å². The highest BCUT2D eigenvalue weighted by atomic mass is 19.3. The summed E-state index contributed by atoms with van der Waals surface area (Å²) in [5.74, 6) is 0.00338. The number of benzene rings is 2. The Hall–Kier alpha value is -3.42. The fourth-order valence-electron chi connectivity index (χ4n) is 3.58. The number of alkyl halides is 2. The van der Waals surface area contributed by atoms with Gasteiger partial charge in [-0.3, -0.25) is 4.79 Å². The molecule has 0 saturated heterocycles. The standard InChI is InChI=1S/C22H19F3N4O/c1-11(14-5-4-6-15(20(14)23)21(24)25)26-22-16-10-18-13(7-8-19(30)29(18)3)9-17(16)27-12(2)28-22/h4-11,21H,1-3H3,(H,26,27,28)/t11-/m1/s1. The predicted molar refractivity (Wildman–Crippen MR) is 110 cm³/mol. The number of nitrogens with zero attached hydrogens (tertiary/aromatic N) is 3. The van der Waals surface area contributed by atoms with Crippen molar-refractivity contribution < 1.29 is 13.2 Å². The van der Waals surface area contributed by atoms with E-state index in [1.54, 1.807) is 33.0 Å². The van der Waals surface area contributed by atoms with Gasteiger partial charge in [0.1, 0.15) is 17.5 Å². The van der Waals surface area contributed by atoms with Gasteiger partial charge in [0.25, 0.3) is 12.0 Å². The van der Waals surface area contributed by atoms with Crippen molar-refractivity contribution in [2.75, 3.05) is 5.32 Å². The third-order valence-electron chi connectivity index (χ3n) is 5.17. The van der Waals surface area contributed by atoms with Crippen LogP contribution in [-0.4, -0.2) is 14.5 Å².